The van der Waals surface area contributed by atoms with Gasteiger partial charge in [-0.1, -0.05) is 34.1 Å². The van der Waals surface area contributed by atoms with Crippen molar-refractivity contribution in [3.8, 4) is 0 Å². The van der Waals surface area contributed by atoms with Crippen LogP contribution in [0.15, 0.2) is 0 Å². The first-order valence-corrected chi connectivity index (χ1v) is 8.36. The Morgan fingerprint density at radius 3 is 1.93 bits per heavy atom. The monoisotopic (exact) mass is 232 g/mol. The highest BCUT2D eigenvalue weighted by Crippen LogP contribution is 2.42. The van der Waals surface area contributed by atoms with Crippen LogP contribution >= 0.6 is 0 Å². The summed E-state index contributed by atoms with van der Waals surface area (Å²) in [6.07, 6.45) is 3.04. The van der Waals surface area contributed by atoms with Crippen molar-refractivity contribution in [3.63, 3.8) is 0 Å². The van der Waals surface area contributed by atoms with Crippen molar-refractivity contribution >= 4 is 8.56 Å². The highest BCUT2D eigenvalue weighted by Gasteiger charge is 2.47. The topological polar surface area (TPSA) is 29.5 Å². The van der Waals surface area contributed by atoms with Gasteiger partial charge in [-0.3, -0.25) is 0 Å². The lowest BCUT2D eigenvalue weighted by atomic mass is 10.1. The Hall–Kier alpha value is 0.137. The average Bonchev–Trinajstić information content (AvgIpc) is 2.02. The van der Waals surface area contributed by atoms with E-state index in [2.05, 4.69) is 41.5 Å². The molecule has 2 nitrogen and oxygen atoms in total. The third-order valence-corrected chi connectivity index (χ3v) is 7.17. The van der Waals surface area contributed by atoms with E-state index in [1.807, 2.05) is 6.55 Å². The second kappa shape index (κ2) is 4.98. The summed E-state index contributed by atoms with van der Waals surface area (Å²) in [4.78, 5) is 10.6. The Bertz CT molecular complexity index is 198. The maximum absolute atomic E-state index is 10.6. The van der Waals surface area contributed by atoms with Gasteiger partial charge in [0, 0.05) is 5.04 Å². The molecule has 0 spiro atoms. The fraction of sp³-hybridized carbons (Fsp3) is 1.00. The quantitative estimate of drug-likeness (QED) is 0.705. The third kappa shape index (κ3) is 4.25. The molecule has 0 aliphatic heterocycles. The molecule has 0 saturated carbocycles. The SMILES string of the molecule is CCCC(C)(C)[Si](C)(O)OC(C)(C)CC. The van der Waals surface area contributed by atoms with Gasteiger partial charge in [0.15, 0.2) is 0 Å². The van der Waals surface area contributed by atoms with E-state index in [-0.39, 0.29) is 10.6 Å². The van der Waals surface area contributed by atoms with E-state index in [0.29, 0.717) is 0 Å². The molecule has 0 rings (SSSR count). The maximum Gasteiger partial charge on any atom is 0.338 e. The second-order valence-corrected chi connectivity index (χ2v) is 9.36. The molecule has 0 aliphatic rings. The molecule has 1 unspecified atom stereocenters. The fourth-order valence-corrected chi connectivity index (χ4v) is 3.82. The van der Waals surface area contributed by atoms with Gasteiger partial charge in [0.25, 0.3) is 0 Å². The molecule has 0 radical (unpaired) electrons. The van der Waals surface area contributed by atoms with Crippen LogP contribution in [0, 0.1) is 0 Å². The van der Waals surface area contributed by atoms with Crippen LogP contribution in [0.1, 0.15) is 60.8 Å². The predicted molar refractivity (Wildman–Crippen MR) is 68.2 cm³/mol. The normalized spacial score (nSPS) is 17.6. The summed E-state index contributed by atoms with van der Waals surface area (Å²) in [5, 5.41) is -0.0752. The van der Waals surface area contributed by atoms with E-state index in [4.69, 9.17) is 4.43 Å². The minimum atomic E-state index is -2.61. The Morgan fingerprint density at radius 2 is 1.60 bits per heavy atom. The summed E-state index contributed by atoms with van der Waals surface area (Å²) in [6.45, 7) is 14.5. The molecule has 3 heteroatoms. The molecule has 0 amide bonds. The summed E-state index contributed by atoms with van der Waals surface area (Å²) in [5.41, 5.74) is -0.208. The maximum atomic E-state index is 10.6. The van der Waals surface area contributed by atoms with Gasteiger partial charge in [-0.25, -0.2) is 0 Å². The first-order valence-electron chi connectivity index (χ1n) is 6.00. The van der Waals surface area contributed by atoms with Gasteiger partial charge in [0.2, 0.25) is 0 Å². The minimum absolute atomic E-state index is 0.0752. The van der Waals surface area contributed by atoms with Crippen LogP contribution in [0.4, 0.5) is 0 Å². The zero-order valence-electron chi connectivity index (χ0n) is 11.5. The standard InChI is InChI=1S/C12H28O2Si/c1-8-10-12(5,6)15(7,13)14-11(3,4)9-2/h13H,8-10H2,1-7H3. The van der Waals surface area contributed by atoms with E-state index in [0.717, 1.165) is 19.3 Å². The second-order valence-electron chi connectivity index (χ2n) is 5.83. The van der Waals surface area contributed by atoms with Crippen molar-refractivity contribution in [2.24, 2.45) is 0 Å². The third-order valence-electron chi connectivity index (χ3n) is 3.46. The van der Waals surface area contributed by atoms with Crippen molar-refractivity contribution in [2.75, 3.05) is 0 Å². The fourth-order valence-electron chi connectivity index (χ4n) is 1.61. The molecule has 0 aliphatic carbocycles. The molecule has 0 aromatic rings. The van der Waals surface area contributed by atoms with Gasteiger partial charge in [0.1, 0.15) is 0 Å². The largest absolute Gasteiger partial charge is 0.410 e. The van der Waals surface area contributed by atoms with Gasteiger partial charge in [-0.05, 0) is 33.2 Å². The van der Waals surface area contributed by atoms with E-state index in [9.17, 15) is 4.80 Å². The van der Waals surface area contributed by atoms with Crippen LogP contribution in [0.25, 0.3) is 0 Å². The van der Waals surface area contributed by atoms with E-state index in [1.54, 1.807) is 0 Å². The molecule has 0 aromatic heterocycles. The summed E-state index contributed by atoms with van der Waals surface area (Å²) >= 11 is 0. The summed E-state index contributed by atoms with van der Waals surface area (Å²) in [7, 11) is -2.61. The van der Waals surface area contributed by atoms with Crippen LogP contribution < -0.4 is 0 Å². The van der Waals surface area contributed by atoms with E-state index < -0.39 is 8.56 Å². The van der Waals surface area contributed by atoms with Gasteiger partial charge < -0.3 is 9.22 Å². The number of rotatable bonds is 6. The lowest BCUT2D eigenvalue weighted by Gasteiger charge is -2.42. The summed E-state index contributed by atoms with van der Waals surface area (Å²) < 4.78 is 5.99. The first-order chi connectivity index (χ1) is 6.58. The van der Waals surface area contributed by atoms with Gasteiger partial charge >= 0.3 is 8.56 Å². The molecule has 1 atom stereocenters. The Morgan fingerprint density at radius 1 is 1.13 bits per heavy atom. The Balaban J connectivity index is 4.67. The molecular formula is C12H28O2Si. The van der Waals surface area contributed by atoms with Crippen LogP contribution in [-0.2, 0) is 4.43 Å². The highest BCUT2D eigenvalue weighted by atomic mass is 28.4. The van der Waals surface area contributed by atoms with Crippen LogP contribution in [0.3, 0.4) is 0 Å². The number of hydrogen-bond donors (Lipinski definition) is 1. The molecule has 15 heavy (non-hydrogen) atoms. The van der Waals surface area contributed by atoms with Crippen molar-refractivity contribution in [1.29, 1.82) is 0 Å². The van der Waals surface area contributed by atoms with E-state index >= 15 is 0 Å². The molecule has 0 heterocycles. The van der Waals surface area contributed by atoms with Gasteiger partial charge in [-0.15, -0.1) is 0 Å². The van der Waals surface area contributed by atoms with Crippen LogP contribution in [0.2, 0.25) is 11.6 Å². The van der Waals surface area contributed by atoms with E-state index in [1.165, 1.54) is 0 Å². The predicted octanol–water partition coefficient (Wildman–Crippen LogP) is 3.84. The molecule has 0 bridgehead atoms. The molecule has 92 valence electrons. The van der Waals surface area contributed by atoms with Gasteiger partial charge in [-0.2, -0.15) is 0 Å². The average molecular weight is 232 g/mol. The summed E-state index contributed by atoms with van der Waals surface area (Å²) in [6, 6.07) is 0. The molecular weight excluding hydrogens is 204 g/mol. The number of hydrogen-bond acceptors (Lipinski definition) is 2. The summed E-state index contributed by atoms with van der Waals surface area (Å²) in [5.74, 6) is 0. The van der Waals surface area contributed by atoms with Crippen molar-refractivity contribution in [2.45, 2.75) is 78.0 Å². The van der Waals surface area contributed by atoms with Crippen LogP contribution in [0.5, 0.6) is 0 Å². The van der Waals surface area contributed by atoms with Gasteiger partial charge in [0.05, 0.1) is 5.60 Å². The molecule has 0 saturated heterocycles. The Kier molecular flexibility index (Phi) is 5.02. The molecule has 0 aromatic carbocycles. The lowest BCUT2D eigenvalue weighted by Crippen LogP contribution is -2.51. The van der Waals surface area contributed by atoms with Crippen LogP contribution in [-0.4, -0.2) is 19.0 Å². The molecule has 0 fully saturated rings. The van der Waals surface area contributed by atoms with Crippen molar-refractivity contribution < 1.29 is 9.22 Å². The minimum Gasteiger partial charge on any atom is -0.410 e. The van der Waals surface area contributed by atoms with Crippen molar-refractivity contribution in [1.82, 2.24) is 0 Å². The smallest absolute Gasteiger partial charge is 0.338 e. The zero-order chi connectivity index (χ0) is 12.3. The zero-order valence-corrected chi connectivity index (χ0v) is 12.5. The Labute approximate surface area is 96.3 Å². The van der Waals surface area contributed by atoms with Crippen molar-refractivity contribution in [3.05, 3.63) is 0 Å². The first kappa shape index (κ1) is 15.1. The molecule has 1 N–H and O–H groups in total. The highest BCUT2D eigenvalue weighted by molar-refractivity contribution is 6.68. The lowest BCUT2D eigenvalue weighted by molar-refractivity contribution is 0.0531.